The Hall–Kier alpha value is -2.11. The van der Waals surface area contributed by atoms with Gasteiger partial charge in [-0.15, -0.1) is 11.3 Å². The molecule has 1 aromatic heterocycles. The van der Waals surface area contributed by atoms with Crippen LogP contribution >= 0.6 is 22.9 Å². The van der Waals surface area contributed by atoms with Crippen molar-refractivity contribution >= 4 is 46.0 Å². The fraction of sp³-hybridized carbons (Fsp3) is 0.333. The van der Waals surface area contributed by atoms with Gasteiger partial charge in [-0.3, -0.25) is 9.59 Å². The highest BCUT2D eigenvalue weighted by Gasteiger charge is 2.43. The Kier molecular flexibility index (Phi) is 4.82. The van der Waals surface area contributed by atoms with Gasteiger partial charge in [-0.2, -0.15) is 0 Å². The average molecular weight is 401 g/mol. The van der Waals surface area contributed by atoms with E-state index in [4.69, 9.17) is 11.6 Å². The van der Waals surface area contributed by atoms with Crippen molar-refractivity contribution in [1.82, 2.24) is 4.90 Å². The number of piperidine rings is 1. The van der Waals surface area contributed by atoms with Gasteiger partial charge in [-0.05, 0) is 60.9 Å². The summed E-state index contributed by atoms with van der Waals surface area (Å²) in [4.78, 5) is 31.1. The van der Waals surface area contributed by atoms with Gasteiger partial charge in [0.2, 0.25) is 0 Å². The van der Waals surface area contributed by atoms with Crippen molar-refractivity contribution in [3.05, 3.63) is 56.9 Å². The Morgan fingerprint density at radius 3 is 2.67 bits per heavy atom. The van der Waals surface area contributed by atoms with E-state index in [0.29, 0.717) is 27.9 Å². The summed E-state index contributed by atoms with van der Waals surface area (Å²) in [5, 5.41) is 2.53. The summed E-state index contributed by atoms with van der Waals surface area (Å²) < 4.78 is 0. The predicted octanol–water partition coefficient (Wildman–Crippen LogP) is 4.73. The predicted molar refractivity (Wildman–Crippen MR) is 110 cm³/mol. The molecule has 1 aromatic carbocycles. The van der Waals surface area contributed by atoms with E-state index in [1.165, 1.54) is 16.2 Å². The number of hydrogen-bond acceptors (Lipinski definition) is 4. The molecule has 0 N–H and O–H groups in total. The second kappa shape index (κ2) is 7.13. The Bertz CT molecular complexity index is 936. The van der Waals surface area contributed by atoms with Crippen molar-refractivity contribution in [2.45, 2.75) is 26.7 Å². The van der Waals surface area contributed by atoms with Crippen LogP contribution in [0.15, 0.2) is 41.4 Å². The molecule has 2 amide bonds. The van der Waals surface area contributed by atoms with Gasteiger partial charge in [-0.1, -0.05) is 24.6 Å². The highest BCUT2D eigenvalue weighted by atomic mass is 35.5. The van der Waals surface area contributed by atoms with Crippen molar-refractivity contribution in [2.75, 3.05) is 18.0 Å². The number of hydrogen-bond donors (Lipinski definition) is 0. The zero-order chi connectivity index (χ0) is 19.1. The number of benzene rings is 1. The Morgan fingerprint density at radius 1 is 1.19 bits per heavy atom. The first-order valence-corrected chi connectivity index (χ1v) is 10.4. The lowest BCUT2D eigenvalue weighted by Gasteiger charge is -2.33. The SMILES string of the molecule is Cc1cc(Cl)ccc1N1C(=O)C(c2cccs2)=C(N2CCCC(C)C2)C1=O. The first-order valence-electron chi connectivity index (χ1n) is 9.15. The summed E-state index contributed by atoms with van der Waals surface area (Å²) >= 11 is 7.56. The largest absolute Gasteiger partial charge is 0.366 e. The first-order chi connectivity index (χ1) is 13.0. The standard InChI is InChI=1S/C21H21ClN2O2S/c1-13-5-3-9-23(12-13)19-18(17-6-4-10-27-17)20(25)24(21(19)26)16-8-7-15(22)11-14(16)2/h4,6-8,10-11,13H,3,5,9,12H2,1-2H3. The summed E-state index contributed by atoms with van der Waals surface area (Å²) in [7, 11) is 0. The van der Waals surface area contributed by atoms with Crippen LogP contribution in [0.25, 0.3) is 5.57 Å². The van der Waals surface area contributed by atoms with Gasteiger partial charge < -0.3 is 4.90 Å². The Morgan fingerprint density at radius 2 is 2.00 bits per heavy atom. The van der Waals surface area contributed by atoms with Crippen LogP contribution in [0.2, 0.25) is 5.02 Å². The maximum atomic E-state index is 13.4. The van der Waals surface area contributed by atoms with Gasteiger partial charge in [0, 0.05) is 23.0 Å². The minimum absolute atomic E-state index is 0.233. The van der Waals surface area contributed by atoms with Crippen molar-refractivity contribution in [1.29, 1.82) is 0 Å². The third kappa shape index (κ3) is 3.19. The molecule has 1 saturated heterocycles. The molecule has 4 nitrogen and oxygen atoms in total. The van der Waals surface area contributed by atoms with Crippen LogP contribution in [0.4, 0.5) is 5.69 Å². The van der Waals surface area contributed by atoms with E-state index >= 15 is 0 Å². The molecule has 2 aliphatic rings. The van der Waals surface area contributed by atoms with Crippen LogP contribution in [0, 0.1) is 12.8 Å². The van der Waals surface area contributed by atoms with Gasteiger partial charge in [0.1, 0.15) is 5.70 Å². The highest BCUT2D eigenvalue weighted by molar-refractivity contribution is 7.11. The molecule has 6 heteroatoms. The number of anilines is 1. The number of carbonyl (C=O) groups is 2. The van der Waals surface area contributed by atoms with Crippen LogP contribution in [-0.2, 0) is 9.59 Å². The number of likely N-dealkylation sites (tertiary alicyclic amines) is 1. The van der Waals surface area contributed by atoms with Gasteiger partial charge in [-0.25, -0.2) is 4.90 Å². The number of thiophene rings is 1. The second-order valence-electron chi connectivity index (χ2n) is 7.27. The number of amides is 2. The molecular weight excluding hydrogens is 380 g/mol. The first kappa shape index (κ1) is 18.3. The smallest absolute Gasteiger partial charge is 0.282 e. The van der Waals surface area contributed by atoms with E-state index in [2.05, 4.69) is 11.8 Å². The molecule has 1 unspecified atom stereocenters. The van der Waals surface area contributed by atoms with Gasteiger partial charge in [0.15, 0.2) is 0 Å². The van der Waals surface area contributed by atoms with E-state index in [0.717, 1.165) is 36.4 Å². The maximum absolute atomic E-state index is 13.4. The van der Waals surface area contributed by atoms with Crippen LogP contribution in [0.3, 0.4) is 0 Å². The van der Waals surface area contributed by atoms with Gasteiger partial charge >= 0.3 is 0 Å². The molecule has 1 fully saturated rings. The number of nitrogens with zero attached hydrogens (tertiary/aromatic N) is 2. The van der Waals surface area contributed by atoms with Gasteiger partial charge in [0.05, 0.1) is 11.3 Å². The van der Waals surface area contributed by atoms with E-state index in [1.807, 2.05) is 24.4 Å². The molecule has 0 bridgehead atoms. The van der Waals surface area contributed by atoms with Crippen molar-refractivity contribution < 1.29 is 9.59 Å². The van der Waals surface area contributed by atoms with Crippen molar-refractivity contribution in [3.63, 3.8) is 0 Å². The van der Waals surface area contributed by atoms with E-state index < -0.39 is 0 Å². The lowest BCUT2D eigenvalue weighted by atomic mass is 9.99. The summed E-state index contributed by atoms with van der Waals surface area (Å²) in [6.45, 7) is 5.67. The van der Waals surface area contributed by atoms with Gasteiger partial charge in [0.25, 0.3) is 11.8 Å². The molecule has 2 aliphatic heterocycles. The lowest BCUT2D eigenvalue weighted by molar-refractivity contribution is -0.120. The zero-order valence-corrected chi connectivity index (χ0v) is 16.9. The molecular formula is C21H21ClN2O2S. The van der Waals surface area contributed by atoms with Crippen molar-refractivity contribution in [3.8, 4) is 0 Å². The molecule has 1 atom stereocenters. The lowest BCUT2D eigenvalue weighted by Crippen LogP contribution is -2.39. The van der Waals surface area contributed by atoms with Crippen LogP contribution < -0.4 is 4.90 Å². The number of aryl methyl sites for hydroxylation is 1. The topological polar surface area (TPSA) is 40.6 Å². The average Bonchev–Trinajstić information content (AvgIpc) is 3.22. The summed E-state index contributed by atoms with van der Waals surface area (Å²) in [6, 6.07) is 9.08. The normalized spacial score (nSPS) is 20.8. The molecule has 3 heterocycles. The Balaban J connectivity index is 1.82. The molecule has 27 heavy (non-hydrogen) atoms. The molecule has 0 saturated carbocycles. The molecule has 0 aliphatic carbocycles. The van der Waals surface area contributed by atoms with Crippen LogP contribution in [-0.4, -0.2) is 29.8 Å². The molecule has 0 radical (unpaired) electrons. The minimum Gasteiger partial charge on any atom is -0.366 e. The fourth-order valence-electron chi connectivity index (χ4n) is 3.94. The number of rotatable bonds is 3. The number of imide groups is 1. The maximum Gasteiger partial charge on any atom is 0.282 e. The summed E-state index contributed by atoms with van der Waals surface area (Å²) in [6.07, 6.45) is 2.18. The van der Waals surface area contributed by atoms with E-state index in [9.17, 15) is 9.59 Å². The summed E-state index contributed by atoms with van der Waals surface area (Å²) in [5.74, 6) is 0.0223. The van der Waals surface area contributed by atoms with E-state index in [-0.39, 0.29) is 11.8 Å². The zero-order valence-electron chi connectivity index (χ0n) is 15.4. The number of halogens is 1. The van der Waals surface area contributed by atoms with Crippen molar-refractivity contribution in [2.24, 2.45) is 5.92 Å². The van der Waals surface area contributed by atoms with Crippen LogP contribution in [0.5, 0.6) is 0 Å². The molecule has 0 spiro atoms. The third-order valence-electron chi connectivity index (χ3n) is 5.20. The molecule has 140 valence electrons. The van der Waals surface area contributed by atoms with Crippen LogP contribution in [0.1, 0.15) is 30.2 Å². The molecule has 2 aromatic rings. The minimum atomic E-state index is -0.249. The number of carbonyl (C=O) groups excluding carboxylic acids is 2. The quantitative estimate of drug-likeness (QED) is 0.699. The third-order valence-corrected chi connectivity index (χ3v) is 6.32. The second-order valence-corrected chi connectivity index (χ2v) is 8.65. The Labute approximate surface area is 168 Å². The summed E-state index contributed by atoms with van der Waals surface area (Å²) in [5.41, 5.74) is 2.48. The van der Waals surface area contributed by atoms with E-state index in [1.54, 1.807) is 18.2 Å². The fourth-order valence-corrected chi connectivity index (χ4v) is 4.92. The molecule has 4 rings (SSSR count). The highest BCUT2D eigenvalue weighted by Crippen LogP contribution is 2.39. The monoisotopic (exact) mass is 400 g/mol.